The molecular formula is C20H23Cl2N5O3. The van der Waals surface area contributed by atoms with Crippen LogP contribution in [0.15, 0.2) is 30.5 Å². The molecule has 2 fully saturated rings. The second-order valence-electron chi connectivity index (χ2n) is 7.10. The summed E-state index contributed by atoms with van der Waals surface area (Å²) in [6.45, 7) is 5.67. The number of carbonyl (C=O) groups excluding carboxylic acids is 1. The van der Waals surface area contributed by atoms with Crippen LogP contribution in [0.5, 0.6) is 5.75 Å². The van der Waals surface area contributed by atoms with Crippen LogP contribution in [0.25, 0.3) is 0 Å². The Hall–Kier alpha value is -2.29. The van der Waals surface area contributed by atoms with E-state index in [0.717, 1.165) is 37.7 Å². The monoisotopic (exact) mass is 451 g/mol. The quantitative estimate of drug-likeness (QED) is 0.690. The summed E-state index contributed by atoms with van der Waals surface area (Å²) in [6, 6.07) is 7.00. The Morgan fingerprint density at radius 3 is 2.53 bits per heavy atom. The number of rotatable bonds is 5. The van der Waals surface area contributed by atoms with Gasteiger partial charge in [0.25, 0.3) is 5.91 Å². The average Bonchev–Trinajstić information content (AvgIpc) is 2.79. The van der Waals surface area contributed by atoms with E-state index in [0.29, 0.717) is 42.1 Å². The van der Waals surface area contributed by atoms with E-state index in [2.05, 4.69) is 26.1 Å². The van der Waals surface area contributed by atoms with Gasteiger partial charge in [0.05, 0.1) is 30.1 Å². The van der Waals surface area contributed by atoms with Gasteiger partial charge in [0.2, 0.25) is 0 Å². The predicted molar refractivity (Wildman–Crippen MR) is 116 cm³/mol. The molecule has 10 heteroatoms. The van der Waals surface area contributed by atoms with Crippen LogP contribution in [0.3, 0.4) is 0 Å². The zero-order valence-electron chi connectivity index (χ0n) is 16.5. The number of hydrogen-bond donors (Lipinski definition) is 0. The minimum atomic E-state index is -0.0671. The summed E-state index contributed by atoms with van der Waals surface area (Å²) < 4.78 is 11.0. The third kappa shape index (κ3) is 5.06. The Labute approximate surface area is 185 Å². The van der Waals surface area contributed by atoms with Crippen LogP contribution in [0, 0.1) is 0 Å². The van der Waals surface area contributed by atoms with Crippen LogP contribution in [0.1, 0.15) is 0 Å². The fourth-order valence-electron chi connectivity index (χ4n) is 3.50. The highest BCUT2D eigenvalue weighted by atomic mass is 35.5. The van der Waals surface area contributed by atoms with Crippen molar-refractivity contribution in [2.24, 2.45) is 0 Å². The SMILES string of the molecule is O=C(COc1ccc(Cl)cc1Cl)N1CCN(c2cnnc(N3CCOCC3)c2)CC1. The average molecular weight is 452 g/mol. The van der Waals surface area contributed by atoms with Crippen molar-refractivity contribution < 1.29 is 14.3 Å². The molecule has 0 saturated carbocycles. The first-order valence-electron chi connectivity index (χ1n) is 9.86. The van der Waals surface area contributed by atoms with E-state index in [9.17, 15) is 4.79 Å². The lowest BCUT2D eigenvalue weighted by Gasteiger charge is -2.36. The third-order valence-electron chi connectivity index (χ3n) is 5.20. The van der Waals surface area contributed by atoms with Crippen molar-refractivity contribution in [1.82, 2.24) is 15.1 Å². The molecule has 1 aromatic heterocycles. The number of anilines is 2. The highest BCUT2D eigenvalue weighted by Gasteiger charge is 2.23. The van der Waals surface area contributed by atoms with Gasteiger partial charge in [-0.2, -0.15) is 5.10 Å². The summed E-state index contributed by atoms with van der Waals surface area (Å²) in [5, 5.41) is 9.35. The Bertz CT molecular complexity index is 886. The normalized spacial score (nSPS) is 17.2. The van der Waals surface area contributed by atoms with Gasteiger partial charge in [0.1, 0.15) is 5.75 Å². The molecule has 0 atom stereocenters. The molecule has 2 saturated heterocycles. The highest BCUT2D eigenvalue weighted by Crippen LogP contribution is 2.27. The van der Waals surface area contributed by atoms with Crippen molar-refractivity contribution in [2.75, 3.05) is 68.9 Å². The lowest BCUT2D eigenvalue weighted by atomic mass is 10.2. The molecular weight excluding hydrogens is 429 g/mol. The summed E-state index contributed by atoms with van der Waals surface area (Å²) in [7, 11) is 0. The van der Waals surface area contributed by atoms with Crippen molar-refractivity contribution >= 4 is 40.6 Å². The molecule has 0 aliphatic carbocycles. The molecule has 8 nitrogen and oxygen atoms in total. The molecule has 0 N–H and O–H groups in total. The van der Waals surface area contributed by atoms with E-state index in [1.807, 2.05) is 0 Å². The highest BCUT2D eigenvalue weighted by molar-refractivity contribution is 6.35. The Morgan fingerprint density at radius 2 is 1.80 bits per heavy atom. The molecule has 4 rings (SSSR count). The maximum absolute atomic E-state index is 12.5. The lowest BCUT2D eigenvalue weighted by Crippen LogP contribution is -2.50. The second-order valence-corrected chi connectivity index (χ2v) is 7.95. The summed E-state index contributed by atoms with van der Waals surface area (Å²) in [5.74, 6) is 1.25. The molecule has 2 aliphatic heterocycles. The van der Waals surface area contributed by atoms with E-state index in [1.54, 1.807) is 29.3 Å². The van der Waals surface area contributed by atoms with Gasteiger partial charge < -0.3 is 24.2 Å². The van der Waals surface area contributed by atoms with E-state index < -0.39 is 0 Å². The second kappa shape index (κ2) is 9.68. The van der Waals surface area contributed by atoms with Gasteiger partial charge in [0, 0.05) is 50.4 Å². The van der Waals surface area contributed by atoms with Crippen LogP contribution < -0.4 is 14.5 Å². The largest absolute Gasteiger partial charge is 0.482 e. The third-order valence-corrected chi connectivity index (χ3v) is 5.74. The number of carbonyl (C=O) groups is 1. The molecule has 30 heavy (non-hydrogen) atoms. The van der Waals surface area contributed by atoms with Gasteiger partial charge >= 0.3 is 0 Å². The number of morpholine rings is 1. The Kier molecular flexibility index (Phi) is 6.76. The van der Waals surface area contributed by atoms with Gasteiger partial charge in [-0.15, -0.1) is 5.10 Å². The topological polar surface area (TPSA) is 71.0 Å². The zero-order valence-corrected chi connectivity index (χ0v) is 18.0. The fraction of sp³-hybridized carbons (Fsp3) is 0.450. The molecule has 3 heterocycles. The van der Waals surface area contributed by atoms with Gasteiger partial charge in [-0.3, -0.25) is 4.79 Å². The van der Waals surface area contributed by atoms with Crippen molar-refractivity contribution in [3.05, 3.63) is 40.5 Å². The first-order valence-corrected chi connectivity index (χ1v) is 10.6. The van der Waals surface area contributed by atoms with E-state index in [4.69, 9.17) is 32.7 Å². The fourth-order valence-corrected chi connectivity index (χ4v) is 3.97. The van der Waals surface area contributed by atoms with E-state index in [-0.39, 0.29) is 12.5 Å². The maximum atomic E-state index is 12.5. The Morgan fingerprint density at radius 1 is 1.03 bits per heavy atom. The van der Waals surface area contributed by atoms with E-state index in [1.165, 1.54) is 0 Å². The number of amides is 1. The predicted octanol–water partition coefficient (Wildman–Crippen LogP) is 2.35. The number of nitrogens with zero attached hydrogens (tertiary/aromatic N) is 5. The van der Waals surface area contributed by atoms with Gasteiger partial charge in [-0.1, -0.05) is 23.2 Å². The first-order chi connectivity index (χ1) is 14.6. The van der Waals surface area contributed by atoms with Crippen LogP contribution in [-0.2, 0) is 9.53 Å². The number of halogens is 2. The molecule has 0 radical (unpaired) electrons. The molecule has 160 valence electrons. The molecule has 0 unspecified atom stereocenters. The van der Waals surface area contributed by atoms with E-state index >= 15 is 0 Å². The van der Waals surface area contributed by atoms with Crippen LogP contribution in [0.2, 0.25) is 10.0 Å². The van der Waals surface area contributed by atoms with Gasteiger partial charge in [0.15, 0.2) is 12.4 Å². The molecule has 1 amide bonds. The summed E-state index contributed by atoms with van der Waals surface area (Å²) in [6.07, 6.45) is 1.77. The number of ether oxygens (including phenoxy) is 2. The molecule has 1 aromatic carbocycles. The smallest absolute Gasteiger partial charge is 0.260 e. The summed E-state index contributed by atoms with van der Waals surface area (Å²) in [4.78, 5) is 18.7. The van der Waals surface area contributed by atoms with Crippen LogP contribution >= 0.6 is 23.2 Å². The number of benzene rings is 1. The first kappa shape index (κ1) is 21.0. The van der Waals surface area contributed by atoms with Crippen molar-refractivity contribution in [3.8, 4) is 5.75 Å². The standard InChI is InChI=1S/C20H23Cl2N5O3/c21-15-1-2-18(17(22)11-15)30-14-20(28)27-5-3-25(4-6-27)16-12-19(24-23-13-16)26-7-9-29-10-8-26/h1-2,11-13H,3-10,14H2. The van der Waals surface area contributed by atoms with Crippen LogP contribution in [0.4, 0.5) is 11.5 Å². The lowest BCUT2D eigenvalue weighted by molar-refractivity contribution is -0.133. The molecule has 2 aromatic rings. The number of piperazine rings is 1. The molecule has 0 spiro atoms. The van der Waals surface area contributed by atoms with Gasteiger partial charge in [-0.05, 0) is 18.2 Å². The minimum Gasteiger partial charge on any atom is -0.482 e. The maximum Gasteiger partial charge on any atom is 0.260 e. The number of aromatic nitrogens is 2. The Balaban J connectivity index is 1.29. The number of hydrogen-bond acceptors (Lipinski definition) is 7. The summed E-state index contributed by atoms with van der Waals surface area (Å²) >= 11 is 12.0. The van der Waals surface area contributed by atoms with Gasteiger partial charge in [-0.25, -0.2) is 0 Å². The van der Waals surface area contributed by atoms with Crippen molar-refractivity contribution in [1.29, 1.82) is 0 Å². The van der Waals surface area contributed by atoms with Crippen molar-refractivity contribution in [2.45, 2.75) is 0 Å². The summed E-state index contributed by atoms with van der Waals surface area (Å²) in [5.41, 5.74) is 1.02. The zero-order chi connectivity index (χ0) is 20.9. The van der Waals surface area contributed by atoms with Crippen LogP contribution in [-0.4, -0.2) is 80.1 Å². The minimum absolute atomic E-state index is 0.0562. The molecule has 2 aliphatic rings. The van der Waals surface area contributed by atoms with Crippen molar-refractivity contribution in [3.63, 3.8) is 0 Å². The molecule has 0 bridgehead atoms.